The zero-order valence-corrected chi connectivity index (χ0v) is 15.7. The minimum absolute atomic E-state index is 0.0198. The molecular weight excluding hydrogens is 340 g/mol. The molecule has 0 saturated carbocycles. The number of rotatable bonds is 12. The number of Topliss-reactive ketones (excluding diaryl/α,β-unsaturated/α-hetero) is 2. The first kappa shape index (κ1) is 22.0. The van der Waals surface area contributed by atoms with E-state index in [-0.39, 0.29) is 32.0 Å². The van der Waals surface area contributed by atoms with Crippen molar-refractivity contribution in [3.05, 3.63) is 35.9 Å². The van der Waals surface area contributed by atoms with Crippen LogP contribution in [0.25, 0.3) is 0 Å². The van der Waals surface area contributed by atoms with Gasteiger partial charge in [0.05, 0.1) is 6.61 Å². The van der Waals surface area contributed by atoms with Gasteiger partial charge < -0.3 is 18.9 Å². The molecule has 0 fully saturated rings. The lowest BCUT2D eigenvalue weighted by Gasteiger charge is -2.32. The fraction of sp³-hybridized carbons (Fsp3) is 0.526. The van der Waals surface area contributed by atoms with E-state index in [1.807, 2.05) is 0 Å². The van der Waals surface area contributed by atoms with Crippen molar-refractivity contribution in [2.24, 2.45) is 0 Å². The van der Waals surface area contributed by atoms with Gasteiger partial charge in [0.1, 0.15) is 0 Å². The van der Waals surface area contributed by atoms with Crippen LogP contribution in [-0.2, 0) is 28.5 Å². The molecule has 0 bridgehead atoms. The van der Waals surface area contributed by atoms with Crippen molar-refractivity contribution in [3.63, 3.8) is 0 Å². The van der Waals surface area contributed by atoms with Crippen molar-refractivity contribution in [1.29, 1.82) is 0 Å². The second kappa shape index (κ2) is 10.8. The zero-order valence-electron chi connectivity index (χ0n) is 15.7. The molecule has 1 unspecified atom stereocenters. The molecule has 0 spiro atoms. The summed E-state index contributed by atoms with van der Waals surface area (Å²) in [7, 11) is 0. The van der Waals surface area contributed by atoms with Gasteiger partial charge in [0.2, 0.25) is 17.7 Å². The van der Waals surface area contributed by atoms with Gasteiger partial charge in [-0.3, -0.25) is 9.59 Å². The van der Waals surface area contributed by atoms with Crippen LogP contribution >= 0.6 is 0 Å². The Balaban J connectivity index is 3.39. The maximum Gasteiger partial charge on any atom is 0.343 e. The summed E-state index contributed by atoms with van der Waals surface area (Å²) >= 11 is 0. The fourth-order valence-electron chi connectivity index (χ4n) is 2.42. The molecule has 7 heteroatoms. The van der Waals surface area contributed by atoms with Crippen molar-refractivity contribution in [2.75, 3.05) is 26.4 Å². The predicted molar refractivity (Wildman–Crippen MR) is 93.8 cm³/mol. The number of hydrogen-bond acceptors (Lipinski definition) is 7. The molecule has 7 nitrogen and oxygen atoms in total. The molecule has 1 rings (SSSR count). The summed E-state index contributed by atoms with van der Waals surface area (Å²) < 4.78 is 21.2. The van der Waals surface area contributed by atoms with Crippen LogP contribution in [0.15, 0.2) is 30.3 Å². The van der Waals surface area contributed by atoms with Gasteiger partial charge in [0.15, 0.2) is 0 Å². The smallest absolute Gasteiger partial charge is 0.343 e. The van der Waals surface area contributed by atoms with E-state index in [2.05, 4.69) is 0 Å². The van der Waals surface area contributed by atoms with E-state index < -0.39 is 29.4 Å². The lowest BCUT2D eigenvalue weighted by molar-refractivity contribution is -0.211. The average Bonchev–Trinajstić information content (AvgIpc) is 2.65. The van der Waals surface area contributed by atoms with E-state index in [4.69, 9.17) is 18.9 Å². The van der Waals surface area contributed by atoms with Crippen LogP contribution in [0.2, 0.25) is 0 Å². The molecule has 0 aromatic heterocycles. The Morgan fingerprint density at radius 1 is 0.885 bits per heavy atom. The Morgan fingerprint density at radius 3 is 1.92 bits per heavy atom. The number of ketones is 2. The molecule has 0 saturated heterocycles. The number of ether oxygens (including phenoxy) is 4. The highest BCUT2D eigenvalue weighted by atomic mass is 16.7. The number of esters is 1. The molecule has 144 valence electrons. The van der Waals surface area contributed by atoms with Gasteiger partial charge >= 0.3 is 5.97 Å². The average molecular weight is 366 g/mol. The predicted octanol–water partition coefficient (Wildman–Crippen LogP) is 2.18. The first-order valence-electron chi connectivity index (χ1n) is 8.68. The quantitative estimate of drug-likeness (QED) is 0.242. The molecule has 0 amide bonds. The van der Waals surface area contributed by atoms with Crippen LogP contribution in [0.1, 0.15) is 38.1 Å². The number of carbonyl (C=O) groups is 3. The summed E-state index contributed by atoms with van der Waals surface area (Å²) in [4.78, 5) is 38.5. The van der Waals surface area contributed by atoms with Gasteiger partial charge in [0.25, 0.3) is 5.79 Å². The second-order valence-corrected chi connectivity index (χ2v) is 5.13. The van der Waals surface area contributed by atoms with E-state index in [0.717, 1.165) is 0 Å². The SMILES string of the molecule is CCOC(=O)C(OCC)C(=O)C(OCC)(OCC)C(=O)c1ccccc1. The van der Waals surface area contributed by atoms with Crippen LogP contribution in [0.5, 0.6) is 0 Å². The lowest BCUT2D eigenvalue weighted by Crippen LogP contribution is -2.58. The standard InChI is InChI=1S/C19H26O7/c1-5-23-15(18(22)24-6-2)17(21)19(25-7-3,26-8-4)16(20)14-12-10-9-11-13-14/h9-13,15H,5-8H2,1-4H3. The minimum Gasteiger partial charge on any atom is -0.464 e. The Labute approximate surface area is 153 Å². The molecule has 0 aliphatic rings. The molecular formula is C19H26O7. The van der Waals surface area contributed by atoms with Crippen molar-refractivity contribution in [3.8, 4) is 0 Å². The van der Waals surface area contributed by atoms with Gasteiger partial charge in [-0.2, -0.15) is 0 Å². The zero-order chi connectivity index (χ0) is 19.6. The lowest BCUT2D eigenvalue weighted by atomic mass is 9.95. The minimum atomic E-state index is -2.28. The molecule has 0 heterocycles. The van der Waals surface area contributed by atoms with Gasteiger partial charge in [-0.1, -0.05) is 30.3 Å². The summed E-state index contributed by atoms with van der Waals surface area (Å²) in [6.07, 6.45) is -1.62. The normalized spacial score (nSPS) is 12.5. The molecule has 0 aliphatic carbocycles. The van der Waals surface area contributed by atoms with Crippen LogP contribution in [0, 0.1) is 0 Å². The molecule has 1 aromatic rings. The number of hydrogen-bond donors (Lipinski definition) is 0. The monoisotopic (exact) mass is 366 g/mol. The third-order valence-corrected chi connectivity index (χ3v) is 3.43. The van der Waals surface area contributed by atoms with Crippen LogP contribution < -0.4 is 0 Å². The second-order valence-electron chi connectivity index (χ2n) is 5.13. The Hall–Kier alpha value is -2.09. The first-order valence-corrected chi connectivity index (χ1v) is 8.68. The molecule has 0 aliphatic heterocycles. The van der Waals surface area contributed by atoms with E-state index in [9.17, 15) is 14.4 Å². The van der Waals surface area contributed by atoms with Gasteiger partial charge in [-0.25, -0.2) is 4.79 Å². The van der Waals surface area contributed by atoms with Gasteiger partial charge in [-0.15, -0.1) is 0 Å². The van der Waals surface area contributed by atoms with E-state index in [0.29, 0.717) is 0 Å². The summed E-state index contributed by atoms with van der Waals surface area (Å²) in [5.41, 5.74) is 0.224. The highest BCUT2D eigenvalue weighted by Crippen LogP contribution is 2.25. The maximum absolute atomic E-state index is 13.2. The molecule has 1 aromatic carbocycles. The molecule has 0 N–H and O–H groups in total. The van der Waals surface area contributed by atoms with Crippen molar-refractivity contribution >= 4 is 17.5 Å². The fourth-order valence-corrected chi connectivity index (χ4v) is 2.42. The van der Waals surface area contributed by atoms with E-state index in [1.54, 1.807) is 58.0 Å². The van der Waals surface area contributed by atoms with Crippen LogP contribution in [-0.4, -0.2) is 55.9 Å². The molecule has 26 heavy (non-hydrogen) atoms. The van der Waals surface area contributed by atoms with Gasteiger partial charge in [-0.05, 0) is 27.7 Å². The number of carbonyl (C=O) groups excluding carboxylic acids is 3. The Kier molecular flexibility index (Phi) is 9.12. The first-order chi connectivity index (χ1) is 12.5. The summed E-state index contributed by atoms with van der Waals surface area (Å²) in [6, 6.07) is 8.14. The molecule has 0 radical (unpaired) electrons. The van der Waals surface area contributed by atoms with E-state index >= 15 is 0 Å². The van der Waals surface area contributed by atoms with Crippen molar-refractivity contribution in [2.45, 2.75) is 39.6 Å². The molecule has 1 atom stereocenters. The van der Waals surface area contributed by atoms with Crippen LogP contribution in [0.4, 0.5) is 0 Å². The summed E-state index contributed by atoms with van der Waals surface area (Å²) in [5.74, 6) is -4.79. The third-order valence-electron chi connectivity index (χ3n) is 3.43. The highest BCUT2D eigenvalue weighted by Gasteiger charge is 2.53. The summed E-state index contributed by atoms with van der Waals surface area (Å²) in [5, 5.41) is 0. The largest absolute Gasteiger partial charge is 0.464 e. The topological polar surface area (TPSA) is 88.1 Å². The van der Waals surface area contributed by atoms with Gasteiger partial charge in [0, 0.05) is 25.4 Å². The summed E-state index contributed by atoms with van der Waals surface area (Å²) in [6.45, 7) is 6.67. The Morgan fingerprint density at radius 2 is 1.46 bits per heavy atom. The highest BCUT2D eigenvalue weighted by molar-refractivity contribution is 6.21. The number of benzene rings is 1. The van der Waals surface area contributed by atoms with E-state index in [1.165, 1.54) is 0 Å². The van der Waals surface area contributed by atoms with Crippen molar-refractivity contribution < 1.29 is 33.3 Å². The Bertz CT molecular complexity index is 591. The third kappa shape index (κ3) is 4.97. The van der Waals surface area contributed by atoms with Crippen molar-refractivity contribution in [1.82, 2.24) is 0 Å². The maximum atomic E-state index is 13.2. The van der Waals surface area contributed by atoms with Crippen LogP contribution in [0.3, 0.4) is 0 Å².